The van der Waals surface area contributed by atoms with E-state index in [2.05, 4.69) is 41.9 Å². The monoisotopic (exact) mass is 1040 g/mol. The van der Waals surface area contributed by atoms with Gasteiger partial charge in [-0.15, -0.1) is 0 Å². The summed E-state index contributed by atoms with van der Waals surface area (Å²) in [6.45, 7) is 0.303. The van der Waals surface area contributed by atoms with Gasteiger partial charge in [0.25, 0.3) is 0 Å². The predicted octanol–water partition coefficient (Wildman–Crippen LogP) is -3.20. The van der Waals surface area contributed by atoms with Crippen molar-refractivity contribution < 1.29 is 38.4 Å². The number of aliphatic imine (C=N–C) groups is 2. The van der Waals surface area contributed by atoms with Crippen LogP contribution in [0.1, 0.15) is 75.3 Å². The van der Waals surface area contributed by atoms with Crippen LogP contribution in [0, 0.1) is 0 Å². The Morgan fingerprint density at radius 1 is 0.630 bits per heavy atom. The van der Waals surface area contributed by atoms with Crippen LogP contribution < -0.4 is 72.0 Å². The molecule has 0 bridgehead atoms. The maximum absolute atomic E-state index is 14.4. The SMILES string of the molecule is CSCC[C@H](NC(=O)[C@@H]1CCCN1C(=O)[C@@H](N)Cc1ccccc1)C(=O)N[C@@H](Cc1ccccc1)C(=O)N[C@@H](CCCCN)C(=O)N[C@@H](CCCN=C(N)N)C(=O)NCC(=O)N[C@@H](CCCN=C(N)N)C(N)=O. The fourth-order valence-electron chi connectivity index (χ4n) is 7.98. The number of guanidine groups is 2. The molecule has 1 fully saturated rings. The van der Waals surface area contributed by atoms with E-state index in [1.165, 1.54) is 16.7 Å². The lowest BCUT2D eigenvalue weighted by Gasteiger charge is -2.29. The van der Waals surface area contributed by atoms with E-state index in [-0.39, 0.29) is 82.4 Å². The van der Waals surface area contributed by atoms with E-state index in [1.54, 1.807) is 30.3 Å². The third-order valence-electron chi connectivity index (χ3n) is 11.8. The van der Waals surface area contributed by atoms with Crippen molar-refractivity contribution in [3.63, 3.8) is 0 Å². The molecule has 1 heterocycles. The molecule has 0 spiro atoms. The number of carbonyl (C=O) groups excluding carboxylic acids is 8. The van der Waals surface area contributed by atoms with Crippen molar-refractivity contribution in [2.45, 2.75) is 119 Å². The third kappa shape index (κ3) is 22.5. The molecule has 1 aliphatic heterocycles. The molecular formula is C48H76N16O8S. The topological polar surface area (TPSA) is 419 Å². The standard InChI is InChI=1S/C48H76N16O8S/c1-73-26-21-36(62-45(71)38-20-12-25-64(38)46(72)32(50)27-30-13-4-2-5-14-30)43(69)63-37(28-31-15-6-3-7-16-31)44(70)61-35(17-8-9-22-49)42(68)60-34(19-11-24-57-48(54)55)41(67)58-29-39(65)59-33(40(51)66)18-10-23-56-47(52)53/h2-7,13-16,32-38H,8-12,17-29,49-50H2,1H3,(H2,51,66)(H,58,67)(H,59,65)(H,60,68)(H,61,70)(H,62,71)(H,63,69)(H4,52,53,56)(H4,54,55,57)/t32-,33-,34-,35-,36-,37-,38-/m0/s1. The summed E-state index contributed by atoms with van der Waals surface area (Å²) in [5.74, 6) is -5.22. The number of carbonyl (C=O) groups is 8. The lowest BCUT2D eigenvalue weighted by atomic mass is 10.0. The van der Waals surface area contributed by atoms with Gasteiger partial charge in [-0.3, -0.25) is 48.3 Å². The van der Waals surface area contributed by atoms with Crippen molar-refractivity contribution in [3.05, 3.63) is 71.8 Å². The van der Waals surface area contributed by atoms with Crippen LogP contribution in [-0.2, 0) is 51.2 Å². The summed E-state index contributed by atoms with van der Waals surface area (Å²) >= 11 is 1.45. The molecule has 1 saturated heterocycles. The molecule has 2 aromatic rings. The van der Waals surface area contributed by atoms with Crippen molar-refractivity contribution in [2.75, 3.05) is 44.7 Å². The number of amides is 8. The Morgan fingerprint density at radius 2 is 1.14 bits per heavy atom. The summed E-state index contributed by atoms with van der Waals surface area (Å²) in [6.07, 6.45) is 4.85. The first-order chi connectivity index (χ1) is 34.9. The van der Waals surface area contributed by atoms with Crippen LogP contribution in [0.5, 0.6) is 0 Å². The fourth-order valence-corrected chi connectivity index (χ4v) is 8.45. The Hall–Kier alpha value is -6.99. The highest BCUT2D eigenvalue weighted by Crippen LogP contribution is 2.20. The minimum Gasteiger partial charge on any atom is -0.370 e. The molecule has 0 radical (unpaired) electrons. The Morgan fingerprint density at radius 3 is 1.68 bits per heavy atom. The van der Waals surface area contributed by atoms with Crippen LogP contribution in [0.15, 0.2) is 70.6 Å². The second-order valence-electron chi connectivity index (χ2n) is 17.6. The summed E-state index contributed by atoms with van der Waals surface area (Å²) in [5.41, 5.74) is 40.8. The molecule has 25 heteroatoms. The van der Waals surface area contributed by atoms with Crippen LogP contribution in [-0.4, -0.2) is 151 Å². The van der Waals surface area contributed by atoms with Gasteiger partial charge >= 0.3 is 0 Å². The number of primary amides is 1. The summed E-state index contributed by atoms with van der Waals surface area (Å²) < 4.78 is 0. The second-order valence-corrected chi connectivity index (χ2v) is 18.6. The first-order valence-corrected chi connectivity index (χ1v) is 25.8. The zero-order chi connectivity index (χ0) is 53.7. The third-order valence-corrected chi connectivity index (χ3v) is 12.5. The van der Waals surface area contributed by atoms with Gasteiger partial charge in [-0.25, -0.2) is 0 Å². The molecule has 0 saturated carbocycles. The van der Waals surface area contributed by atoms with Crippen LogP contribution >= 0.6 is 11.8 Å². The summed E-state index contributed by atoms with van der Waals surface area (Å²) in [6, 6.07) is 10.5. The van der Waals surface area contributed by atoms with Gasteiger partial charge in [-0.05, 0) is 100 Å². The number of unbranched alkanes of at least 4 members (excludes halogenated alkanes) is 1. The highest BCUT2D eigenvalue weighted by Gasteiger charge is 2.38. The van der Waals surface area contributed by atoms with E-state index in [0.717, 1.165) is 5.56 Å². The van der Waals surface area contributed by atoms with E-state index in [1.807, 2.05) is 36.6 Å². The van der Waals surface area contributed by atoms with Crippen molar-refractivity contribution in [1.82, 2.24) is 36.8 Å². The molecule has 2 aromatic carbocycles. The van der Waals surface area contributed by atoms with Crippen LogP contribution in [0.4, 0.5) is 0 Å². The van der Waals surface area contributed by atoms with Crippen molar-refractivity contribution in [3.8, 4) is 0 Å². The fraction of sp³-hybridized carbons (Fsp3) is 0.542. The van der Waals surface area contributed by atoms with Crippen molar-refractivity contribution in [2.24, 2.45) is 50.1 Å². The smallest absolute Gasteiger partial charge is 0.243 e. The van der Waals surface area contributed by atoms with Gasteiger partial charge in [0.2, 0.25) is 47.3 Å². The number of likely N-dealkylation sites (tertiary alicyclic amines) is 1. The summed E-state index contributed by atoms with van der Waals surface area (Å²) in [4.78, 5) is 118. The molecule has 24 nitrogen and oxygen atoms in total. The number of nitrogens with one attached hydrogen (secondary N) is 6. The minimum atomic E-state index is -1.26. The van der Waals surface area contributed by atoms with Crippen molar-refractivity contribution in [1.29, 1.82) is 0 Å². The van der Waals surface area contributed by atoms with Crippen LogP contribution in [0.3, 0.4) is 0 Å². The van der Waals surface area contributed by atoms with E-state index >= 15 is 0 Å². The summed E-state index contributed by atoms with van der Waals surface area (Å²) in [5, 5.41) is 16.1. The maximum Gasteiger partial charge on any atom is 0.243 e. The Labute approximate surface area is 430 Å². The number of nitrogens with zero attached hydrogens (tertiary/aromatic N) is 3. The zero-order valence-electron chi connectivity index (χ0n) is 41.6. The summed E-state index contributed by atoms with van der Waals surface area (Å²) in [7, 11) is 0. The van der Waals surface area contributed by atoms with Crippen LogP contribution in [0.2, 0.25) is 0 Å². The molecule has 0 aromatic heterocycles. The number of rotatable bonds is 33. The number of nitrogens with two attached hydrogens (primary N) is 7. The molecule has 20 N–H and O–H groups in total. The highest BCUT2D eigenvalue weighted by atomic mass is 32.2. The maximum atomic E-state index is 14.4. The first kappa shape index (κ1) is 60.3. The average molecular weight is 1040 g/mol. The quantitative estimate of drug-likeness (QED) is 0.0190. The normalized spacial score (nSPS) is 15.4. The van der Waals surface area contributed by atoms with Gasteiger partial charge < -0.3 is 76.9 Å². The Balaban J connectivity index is 1.82. The molecule has 0 unspecified atom stereocenters. The highest BCUT2D eigenvalue weighted by molar-refractivity contribution is 7.98. The van der Waals surface area contributed by atoms with E-state index in [9.17, 15) is 38.4 Å². The number of thioether (sulfide) groups is 1. The minimum absolute atomic E-state index is 0.00272. The van der Waals surface area contributed by atoms with Gasteiger partial charge in [-0.2, -0.15) is 11.8 Å². The lowest BCUT2D eigenvalue weighted by Crippen LogP contribution is -2.60. The molecule has 73 heavy (non-hydrogen) atoms. The average Bonchev–Trinajstić information content (AvgIpc) is 3.86. The van der Waals surface area contributed by atoms with E-state index in [4.69, 9.17) is 40.1 Å². The van der Waals surface area contributed by atoms with Gasteiger partial charge in [0.05, 0.1) is 12.6 Å². The number of hydrogen-bond acceptors (Lipinski definition) is 13. The molecular weight excluding hydrogens is 961 g/mol. The first-order valence-electron chi connectivity index (χ1n) is 24.4. The molecule has 1 aliphatic rings. The molecule has 0 aliphatic carbocycles. The van der Waals surface area contributed by atoms with Gasteiger partial charge in [0.15, 0.2) is 11.9 Å². The Kier molecular flexibility index (Phi) is 27.2. The van der Waals surface area contributed by atoms with Crippen molar-refractivity contribution >= 4 is 70.9 Å². The number of hydrogen-bond donors (Lipinski definition) is 13. The van der Waals surface area contributed by atoms with Gasteiger partial charge in [0, 0.05) is 26.1 Å². The molecule has 402 valence electrons. The zero-order valence-corrected chi connectivity index (χ0v) is 42.4. The largest absolute Gasteiger partial charge is 0.370 e. The van der Waals surface area contributed by atoms with Crippen LogP contribution in [0.25, 0.3) is 0 Å². The van der Waals surface area contributed by atoms with Gasteiger partial charge in [0.1, 0.15) is 36.3 Å². The predicted molar refractivity (Wildman–Crippen MR) is 281 cm³/mol. The van der Waals surface area contributed by atoms with Gasteiger partial charge in [-0.1, -0.05) is 60.7 Å². The number of benzene rings is 2. The second kappa shape index (κ2) is 32.9. The van der Waals surface area contributed by atoms with E-state index < -0.39 is 90.2 Å². The molecule has 3 rings (SSSR count). The molecule has 7 atom stereocenters. The molecule has 8 amide bonds. The Bertz CT molecular complexity index is 2160. The lowest BCUT2D eigenvalue weighted by molar-refractivity contribution is -0.140. The van der Waals surface area contributed by atoms with E-state index in [0.29, 0.717) is 50.0 Å².